The highest BCUT2D eigenvalue weighted by molar-refractivity contribution is 7.18. The van der Waals surface area contributed by atoms with Crippen LogP contribution in [0.5, 0.6) is 0 Å². The molecule has 0 bridgehead atoms. The minimum Gasteiger partial charge on any atom is -0.383 e. The topological polar surface area (TPSA) is 67.4 Å². The second-order valence-electron chi connectivity index (χ2n) is 4.77. The van der Waals surface area contributed by atoms with E-state index in [0.29, 0.717) is 34.5 Å². The number of ether oxygens (including phenoxy) is 1. The van der Waals surface area contributed by atoms with E-state index < -0.39 is 0 Å². The third kappa shape index (κ3) is 5.67. The van der Waals surface area contributed by atoms with Crippen molar-refractivity contribution in [1.29, 1.82) is 0 Å². The van der Waals surface area contributed by atoms with E-state index in [0.717, 1.165) is 5.56 Å². The number of carbonyl (C=O) groups excluding carboxylic acids is 2. The van der Waals surface area contributed by atoms with Gasteiger partial charge in [0.15, 0.2) is 0 Å². The predicted octanol–water partition coefficient (Wildman–Crippen LogP) is 2.96. The van der Waals surface area contributed by atoms with E-state index in [4.69, 9.17) is 16.3 Å². The van der Waals surface area contributed by atoms with E-state index >= 15 is 0 Å². The van der Waals surface area contributed by atoms with E-state index in [-0.39, 0.29) is 11.8 Å². The van der Waals surface area contributed by atoms with Crippen LogP contribution in [0.25, 0.3) is 0 Å². The summed E-state index contributed by atoms with van der Waals surface area (Å²) in [6, 6.07) is 10.5. The molecule has 23 heavy (non-hydrogen) atoms. The molecule has 0 atom stereocenters. The van der Waals surface area contributed by atoms with E-state index in [1.165, 1.54) is 11.3 Å². The fraction of sp³-hybridized carbons (Fsp3) is 0.250. The van der Waals surface area contributed by atoms with Crippen LogP contribution in [-0.4, -0.2) is 32.1 Å². The van der Waals surface area contributed by atoms with Crippen molar-refractivity contribution in [3.8, 4) is 0 Å². The SMILES string of the molecule is COCCNC(=O)Cc1ccc(NC(=O)c2ccc(Cl)s2)cc1. The summed E-state index contributed by atoms with van der Waals surface area (Å²) >= 11 is 7.04. The molecule has 1 aromatic heterocycles. The molecule has 1 aromatic carbocycles. The third-order valence-corrected chi connectivity index (χ3v) is 4.23. The number of carbonyl (C=O) groups is 2. The predicted molar refractivity (Wildman–Crippen MR) is 92.3 cm³/mol. The monoisotopic (exact) mass is 352 g/mol. The summed E-state index contributed by atoms with van der Waals surface area (Å²) in [7, 11) is 1.59. The normalized spacial score (nSPS) is 10.3. The number of nitrogens with one attached hydrogen (secondary N) is 2. The molecule has 2 aromatic rings. The van der Waals surface area contributed by atoms with Gasteiger partial charge in [-0.1, -0.05) is 23.7 Å². The molecular weight excluding hydrogens is 336 g/mol. The number of hydrogen-bond acceptors (Lipinski definition) is 4. The first-order chi connectivity index (χ1) is 11.1. The van der Waals surface area contributed by atoms with Crippen molar-refractivity contribution in [2.75, 3.05) is 25.6 Å². The molecule has 2 rings (SSSR count). The Balaban J connectivity index is 1.87. The Kier molecular flexibility index (Phi) is 6.58. The van der Waals surface area contributed by atoms with Gasteiger partial charge >= 0.3 is 0 Å². The Bertz CT molecular complexity index is 670. The van der Waals surface area contributed by atoms with Gasteiger partial charge in [-0.05, 0) is 29.8 Å². The highest BCUT2D eigenvalue weighted by Gasteiger charge is 2.09. The molecule has 0 unspecified atom stereocenters. The quantitative estimate of drug-likeness (QED) is 0.753. The van der Waals surface area contributed by atoms with E-state index in [1.807, 2.05) is 12.1 Å². The van der Waals surface area contributed by atoms with Crippen molar-refractivity contribution >= 4 is 40.4 Å². The van der Waals surface area contributed by atoms with Gasteiger partial charge in [-0.3, -0.25) is 9.59 Å². The molecule has 5 nitrogen and oxygen atoms in total. The molecule has 0 aliphatic carbocycles. The molecule has 2 N–H and O–H groups in total. The van der Waals surface area contributed by atoms with Crippen LogP contribution in [0.15, 0.2) is 36.4 Å². The molecule has 0 saturated heterocycles. The Morgan fingerprint density at radius 2 is 1.91 bits per heavy atom. The summed E-state index contributed by atoms with van der Waals surface area (Å²) in [6.45, 7) is 0.982. The van der Waals surface area contributed by atoms with Gasteiger partial charge in [0.1, 0.15) is 0 Å². The molecule has 0 aliphatic heterocycles. The van der Waals surface area contributed by atoms with Crippen molar-refractivity contribution in [2.24, 2.45) is 0 Å². The maximum Gasteiger partial charge on any atom is 0.265 e. The van der Waals surface area contributed by atoms with E-state index in [2.05, 4.69) is 10.6 Å². The lowest BCUT2D eigenvalue weighted by Gasteiger charge is -2.07. The molecule has 0 saturated carbocycles. The van der Waals surface area contributed by atoms with Crippen LogP contribution in [0.4, 0.5) is 5.69 Å². The summed E-state index contributed by atoms with van der Waals surface area (Å²) < 4.78 is 5.44. The summed E-state index contributed by atoms with van der Waals surface area (Å²) in [5.74, 6) is -0.265. The molecule has 0 radical (unpaired) electrons. The first-order valence-electron chi connectivity index (χ1n) is 7.00. The molecular formula is C16H17ClN2O3S. The Morgan fingerprint density at radius 1 is 1.17 bits per heavy atom. The van der Waals surface area contributed by atoms with Crippen molar-refractivity contribution in [3.63, 3.8) is 0 Å². The number of amides is 2. The van der Waals surface area contributed by atoms with Crippen molar-refractivity contribution in [3.05, 3.63) is 51.2 Å². The number of methoxy groups -OCH3 is 1. The lowest BCUT2D eigenvalue weighted by Crippen LogP contribution is -2.28. The molecule has 122 valence electrons. The Hall–Kier alpha value is -1.89. The van der Waals surface area contributed by atoms with Crippen LogP contribution < -0.4 is 10.6 Å². The maximum atomic E-state index is 12.0. The Morgan fingerprint density at radius 3 is 2.52 bits per heavy atom. The second kappa shape index (κ2) is 8.67. The summed E-state index contributed by atoms with van der Waals surface area (Å²) in [5, 5.41) is 5.55. The largest absolute Gasteiger partial charge is 0.383 e. The van der Waals surface area contributed by atoms with Crippen LogP contribution in [0, 0.1) is 0 Å². The number of halogens is 1. The van der Waals surface area contributed by atoms with Gasteiger partial charge in [-0.25, -0.2) is 0 Å². The van der Waals surface area contributed by atoms with Gasteiger partial charge in [-0.15, -0.1) is 11.3 Å². The standard InChI is InChI=1S/C16H17ClN2O3S/c1-22-9-8-18-15(20)10-11-2-4-12(5-3-11)19-16(21)13-6-7-14(17)23-13/h2-7H,8-10H2,1H3,(H,18,20)(H,19,21). The number of rotatable bonds is 7. The smallest absolute Gasteiger partial charge is 0.265 e. The molecule has 2 amide bonds. The van der Waals surface area contributed by atoms with Crippen LogP contribution >= 0.6 is 22.9 Å². The molecule has 1 heterocycles. The fourth-order valence-corrected chi connectivity index (χ4v) is 2.81. The number of thiophene rings is 1. The number of anilines is 1. The molecule has 0 spiro atoms. The van der Waals surface area contributed by atoms with Crippen LogP contribution in [0.3, 0.4) is 0 Å². The van der Waals surface area contributed by atoms with Crippen LogP contribution in [0.2, 0.25) is 4.34 Å². The minimum atomic E-state index is -0.202. The average Bonchev–Trinajstić information content (AvgIpc) is 2.96. The highest BCUT2D eigenvalue weighted by atomic mass is 35.5. The highest BCUT2D eigenvalue weighted by Crippen LogP contribution is 2.22. The zero-order valence-corrected chi connectivity index (χ0v) is 14.2. The zero-order chi connectivity index (χ0) is 16.7. The van der Waals surface area contributed by atoms with Crippen molar-refractivity contribution < 1.29 is 14.3 Å². The number of hydrogen-bond donors (Lipinski definition) is 2. The van der Waals surface area contributed by atoms with Crippen molar-refractivity contribution in [2.45, 2.75) is 6.42 Å². The lowest BCUT2D eigenvalue weighted by atomic mass is 10.1. The molecule has 0 aliphatic rings. The summed E-state index contributed by atoms with van der Waals surface area (Å²) in [4.78, 5) is 24.2. The second-order valence-corrected chi connectivity index (χ2v) is 6.49. The average molecular weight is 353 g/mol. The maximum absolute atomic E-state index is 12.0. The fourth-order valence-electron chi connectivity index (χ4n) is 1.88. The van der Waals surface area contributed by atoms with Gasteiger partial charge in [0.25, 0.3) is 5.91 Å². The van der Waals surface area contributed by atoms with Gasteiger partial charge in [0, 0.05) is 19.3 Å². The first-order valence-corrected chi connectivity index (χ1v) is 8.19. The first kappa shape index (κ1) is 17.5. The van der Waals surface area contributed by atoms with Gasteiger partial charge in [-0.2, -0.15) is 0 Å². The van der Waals surface area contributed by atoms with Crippen LogP contribution in [0.1, 0.15) is 15.2 Å². The van der Waals surface area contributed by atoms with Crippen molar-refractivity contribution in [1.82, 2.24) is 5.32 Å². The third-order valence-electron chi connectivity index (χ3n) is 3.00. The number of benzene rings is 1. The van der Waals surface area contributed by atoms with E-state index in [9.17, 15) is 9.59 Å². The van der Waals surface area contributed by atoms with Gasteiger partial charge in [0.05, 0.1) is 22.2 Å². The zero-order valence-electron chi connectivity index (χ0n) is 12.6. The Labute approximate surface area is 143 Å². The lowest BCUT2D eigenvalue weighted by molar-refractivity contribution is -0.120. The van der Waals surface area contributed by atoms with Gasteiger partial charge in [0.2, 0.25) is 5.91 Å². The summed E-state index contributed by atoms with van der Waals surface area (Å²) in [6.07, 6.45) is 0.290. The van der Waals surface area contributed by atoms with E-state index in [1.54, 1.807) is 31.4 Å². The molecule has 7 heteroatoms. The molecule has 0 fully saturated rings. The summed E-state index contributed by atoms with van der Waals surface area (Å²) in [5.41, 5.74) is 1.54. The minimum absolute atomic E-state index is 0.0629. The van der Waals surface area contributed by atoms with Gasteiger partial charge < -0.3 is 15.4 Å². The van der Waals surface area contributed by atoms with Crippen LogP contribution in [-0.2, 0) is 16.0 Å².